The molecule has 1 aromatic carbocycles. The highest BCUT2D eigenvalue weighted by Crippen LogP contribution is 2.29. The molecule has 0 aliphatic heterocycles. The van der Waals surface area contributed by atoms with E-state index in [1.165, 1.54) is 0 Å². The Labute approximate surface area is 104 Å². The lowest BCUT2D eigenvalue weighted by Crippen LogP contribution is -2.26. The van der Waals surface area contributed by atoms with Gasteiger partial charge in [0.2, 0.25) is 0 Å². The molecule has 0 aliphatic rings. The van der Waals surface area contributed by atoms with Crippen LogP contribution in [0.4, 0.5) is 0 Å². The minimum atomic E-state index is -0.429. The van der Waals surface area contributed by atoms with E-state index in [1.54, 1.807) is 6.92 Å². The van der Waals surface area contributed by atoms with Gasteiger partial charge in [0.05, 0.1) is 6.10 Å². The summed E-state index contributed by atoms with van der Waals surface area (Å²) in [4.78, 5) is 11.6. The molecule has 0 amide bonds. The quantitative estimate of drug-likeness (QED) is 0.795. The minimum absolute atomic E-state index is 0.167. The van der Waals surface area contributed by atoms with Crippen LogP contribution in [0.3, 0.4) is 0 Å². The van der Waals surface area contributed by atoms with Crippen molar-refractivity contribution < 1.29 is 9.53 Å². The molecule has 2 heteroatoms. The van der Waals surface area contributed by atoms with Gasteiger partial charge in [-0.05, 0) is 58.7 Å². The normalized spacial score (nSPS) is 11.7. The molecule has 0 fully saturated rings. The Morgan fingerprint density at radius 2 is 1.88 bits per heavy atom. The van der Waals surface area contributed by atoms with Gasteiger partial charge in [-0.2, -0.15) is 0 Å². The van der Waals surface area contributed by atoms with E-state index in [-0.39, 0.29) is 11.9 Å². The maximum Gasteiger partial charge on any atom is 0.139 e. The summed E-state index contributed by atoms with van der Waals surface area (Å²) in [6.45, 7) is 11.6. The van der Waals surface area contributed by atoms with Crippen LogP contribution in [-0.4, -0.2) is 11.9 Å². The van der Waals surface area contributed by atoms with Crippen molar-refractivity contribution in [3.8, 4) is 5.75 Å². The molecule has 0 spiro atoms. The van der Waals surface area contributed by atoms with Crippen LogP contribution in [0.25, 0.3) is 0 Å². The van der Waals surface area contributed by atoms with Crippen LogP contribution in [0.2, 0.25) is 0 Å². The number of hydrogen-bond acceptors (Lipinski definition) is 2. The van der Waals surface area contributed by atoms with E-state index in [0.717, 1.165) is 16.9 Å². The molecule has 0 N–H and O–H groups in total. The van der Waals surface area contributed by atoms with Crippen molar-refractivity contribution in [2.45, 2.75) is 53.1 Å². The molecular formula is C15H22O2. The standard InChI is InChI=1S/C15H22O2/c1-10(2)17-14-8-7-13(9-11(14)3)15(5,6)12(4)16/h7-10H,1-6H3. The first-order valence-corrected chi connectivity index (χ1v) is 6.04. The summed E-state index contributed by atoms with van der Waals surface area (Å²) in [5.74, 6) is 1.07. The van der Waals surface area contributed by atoms with Crippen molar-refractivity contribution in [1.29, 1.82) is 0 Å². The second-order valence-corrected chi connectivity index (χ2v) is 5.33. The topological polar surface area (TPSA) is 26.3 Å². The van der Waals surface area contributed by atoms with E-state index in [9.17, 15) is 4.79 Å². The fraction of sp³-hybridized carbons (Fsp3) is 0.533. The molecular weight excluding hydrogens is 212 g/mol. The van der Waals surface area contributed by atoms with Crippen LogP contribution < -0.4 is 4.74 Å². The lowest BCUT2D eigenvalue weighted by Gasteiger charge is -2.23. The van der Waals surface area contributed by atoms with Gasteiger partial charge in [0.1, 0.15) is 11.5 Å². The van der Waals surface area contributed by atoms with Crippen LogP contribution in [0.1, 0.15) is 45.7 Å². The Morgan fingerprint density at radius 1 is 1.29 bits per heavy atom. The Hall–Kier alpha value is -1.31. The van der Waals surface area contributed by atoms with Crippen LogP contribution in [0, 0.1) is 6.92 Å². The lowest BCUT2D eigenvalue weighted by molar-refractivity contribution is -0.121. The second kappa shape index (κ2) is 4.91. The SMILES string of the molecule is CC(=O)C(C)(C)c1ccc(OC(C)C)c(C)c1. The summed E-state index contributed by atoms with van der Waals surface area (Å²) < 4.78 is 5.69. The van der Waals surface area contributed by atoms with Crippen molar-refractivity contribution in [3.05, 3.63) is 29.3 Å². The third kappa shape index (κ3) is 3.09. The number of carbonyl (C=O) groups is 1. The van der Waals surface area contributed by atoms with Crippen molar-refractivity contribution >= 4 is 5.78 Å². The third-order valence-electron chi connectivity index (χ3n) is 3.14. The summed E-state index contributed by atoms with van der Waals surface area (Å²) >= 11 is 0. The average Bonchev–Trinajstić information content (AvgIpc) is 2.20. The Balaban J connectivity index is 3.08. The van der Waals surface area contributed by atoms with Crippen LogP contribution in [0.5, 0.6) is 5.75 Å². The van der Waals surface area contributed by atoms with Gasteiger partial charge in [0.15, 0.2) is 0 Å². The van der Waals surface area contributed by atoms with Gasteiger partial charge >= 0.3 is 0 Å². The molecule has 1 rings (SSSR count). The van der Waals surface area contributed by atoms with Crippen molar-refractivity contribution in [2.75, 3.05) is 0 Å². The maximum atomic E-state index is 11.6. The van der Waals surface area contributed by atoms with Gasteiger partial charge in [-0.1, -0.05) is 12.1 Å². The highest BCUT2D eigenvalue weighted by molar-refractivity contribution is 5.87. The maximum absolute atomic E-state index is 11.6. The van der Waals surface area contributed by atoms with Crippen molar-refractivity contribution in [2.24, 2.45) is 0 Å². The second-order valence-electron chi connectivity index (χ2n) is 5.33. The van der Waals surface area contributed by atoms with Crippen molar-refractivity contribution in [3.63, 3.8) is 0 Å². The molecule has 0 saturated heterocycles. The number of rotatable bonds is 4. The highest BCUT2D eigenvalue weighted by Gasteiger charge is 2.26. The fourth-order valence-corrected chi connectivity index (χ4v) is 1.63. The Bertz CT molecular complexity index is 417. The lowest BCUT2D eigenvalue weighted by atomic mass is 9.80. The molecule has 2 nitrogen and oxygen atoms in total. The number of ketones is 1. The minimum Gasteiger partial charge on any atom is -0.491 e. The highest BCUT2D eigenvalue weighted by atomic mass is 16.5. The number of aryl methyl sites for hydroxylation is 1. The predicted octanol–water partition coefficient (Wildman–Crippen LogP) is 3.65. The van der Waals surface area contributed by atoms with E-state index in [1.807, 2.05) is 52.8 Å². The van der Waals surface area contributed by atoms with E-state index in [0.29, 0.717) is 0 Å². The molecule has 0 bridgehead atoms. The number of carbonyl (C=O) groups excluding carboxylic acids is 1. The molecule has 0 atom stereocenters. The Kier molecular flexibility index (Phi) is 3.97. The average molecular weight is 234 g/mol. The Morgan fingerprint density at radius 3 is 2.29 bits per heavy atom. The van der Waals surface area contributed by atoms with E-state index < -0.39 is 5.41 Å². The summed E-state index contributed by atoms with van der Waals surface area (Å²) in [6.07, 6.45) is 0.167. The third-order valence-corrected chi connectivity index (χ3v) is 3.14. The van der Waals surface area contributed by atoms with Gasteiger partial charge in [-0.25, -0.2) is 0 Å². The molecule has 94 valence electrons. The first-order valence-electron chi connectivity index (χ1n) is 6.04. The zero-order chi connectivity index (χ0) is 13.2. The molecule has 0 heterocycles. The molecule has 17 heavy (non-hydrogen) atoms. The van der Waals surface area contributed by atoms with Crippen LogP contribution in [0.15, 0.2) is 18.2 Å². The van der Waals surface area contributed by atoms with Gasteiger partial charge in [-0.15, -0.1) is 0 Å². The van der Waals surface area contributed by atoms with Crippen molar-refractivity contribution in [1.82, 2.24) is 0 Å². The first kappa shape index (κ1) is 13.8. The monoisotopic (exact) mass is 234 g/mol. The molecule has 0 aliphatic carbocycles. The summed E-state index contributed by atoms with van der Waals surface area (Å²) in [7, 11) is 0. The van der Waals surface area contributed by atoms with Crippen LogP contribution in [-0.2, 0) is 10.2 Å². The summed E-state index contributed by atoms with van der Waals surface area (Å²) in [5.41, 5.74) is 1.69. The van der Waals surface area contributed by atoms with E-state index >= 15 is 0 Å². The van der Waals surface area contributed by atoms with Crippen LogP contribution >= 0.6 is 0 Å². The fourth-order valence-electron chi connectivity index (χ4n) is 1.63. The van der Waals surface area contributed by atoms with Gasteiger partial charge in [0.25, 0.3) is 0 Å². The number of hydrogen-bond donors (Lipinski definition) is 0. The zero-order valence-electron chi connectivity index (χ0n) is 11.6. The number of ether oxygens (including phenoxy) is 1. The largest absolute Gasteiger partial charge is 0.491 e. The molecule has 0 saturated carbocycles. The van der Waals surface area contributed by atoms with E-state index in [4.69, 9.17) is 4.74 Å². The van der Waals surface area contributed by atoms with Gasteiger partial charge in [-0.3, -0.25) is 4.79 Å². The number of Topliss-reactive ketones (excluding diaryl/α,β-unsaturated/α-hetero) is 1. The summed E-state index contributed by atoms with van der Waals surface area (Å²) in [5, 5.41) is 0. The van der Waals surface area contributed by atoms with E-state index in [2.05, 4.69) is 0 Å². The predicted molar refractivity (Wildman–Crippen MR) is 70.7 cm³/mol. The zero-order valence-corrected chi connectivity index (χ0v) is 11.6. The summed E-state index contributed by atoms with van der Waals surface area (Å²) in [6, 6.07) is 5.97. The molecule has 0 unspecified atom stereocenters. The van der Waals surface area contributed by atoms with Gasteiger partial charge < -0.3 is 4.74 Å². The molecule has 0 radical (unpaired) electrons. The number of benzene rings is 1. The van der Waals surface area contributed by atoms with Gasteiger partial charge in [0, 0.05) is 5.41 Å². The first-order chi connectivity index (χ1) is 7.75. The smallest absolute Gasteiger partial charge is 0.139 e. The molecule has 0 aromatic heterocycles. The molecule has 1 aromatic rings.